The fourth-order valence-electron chi connectivity index (χ4n) is 2.36. The number of hydrogen-bond acceptors (Lipinski definition) is 5. The van der Waals surface area contributed by atoms with Gasteiger partial charge in [0.15, 0.2) is 4.32 Å². The highest BCUT2D eigenvalue weighted by molar-refractivity contribution is 8.26. The first-order valence-corrected chi connectivity index (χ1v) is 9.00. The van der Waals surface area contributed by atoms with Crippen molar-refractivity contribution in [1.29, 1.82) is 0 Å². The Morgan fingerprint density at radius 1 is 1.19 bits per heavy atom. The molecule has 1 aliphatic rings. The van der Waals surface area contributed by atoms with E-state index in [1.165, 1.54) is 0 Å². The summed E-state index contributed by atoms with van der Waals surface area (Å²) in [5, 5.41) is 1.10. The summed E-state index contributed by atoms with van der Waals surface area (Å²) in [6.45, 7) is 1.94. The minimum absolute atomic E-state index is 0.275. The van der Waals surface area contributed by atoms with Gasteiger partial charge in [-0.1, -0.05) is 47.7 Å². The fraction of sp³-hybridized carbons (Fsp3) is 0.105. The van der Waals surface area contributed by atoms with Crippen molar-refractivity contribution in [1.82, 2.24) is 10.4 Å². The lowest BCUT2D eigenvalue weighted by Gasteiger charge is -2.15. The van der Waals surface area contributed by atoms with Crippen LogP contribution in [0.5, 0.6) is 5.75 Å². The maximum absolute atomic E-state index is 12.6. The summed E-state index contributed by atoms with van der Waals surface area (Å²) in [6, 6.07) is 14.4. The van der Waals surface area contributed by atoms with Crippen LogP contribution in [0.1, 0.15) is 21.5 Å². The first-order chi connectivity index (χ1) is 12.5. The van der Waals surface area contributed by atoms with Crippen LogP contribution in [0.25, 0.3) is 6.08 Å². The number of ether oxygens (including phenoxy) is 1. The van der Waals surface area contributed by atoms with Crippen molar-refractivity contribution >= 4 is 46.2 Å². The lowest BCUT2D eigenvalue weighted by Crippen LogP contribution is -2.44. The zero-order valence-corrected chi connectivity index (χ0v) is 15.8. The Morgan fingerprint density at radius 2 is 1.88 bits per heavy atom. The largest absolute Gasteiger partial charge is 0.496 e. The van der Waals surface area contributed by atoms with Gasteiger partial charge in [0.2, 0.25) is 0 Å². The SMILES string of the molecule is COc1ccccc1C=C1SC(=S)N(NC(=O)c2ccc(C)cc2)C1=O. The number of thiocarbonyl (C=S) groups is 1. The van der Waals surface area contributed by atoms with Gasteiger partial charge in [-0.25, -0.2) is 0 Å². The second kappa shape index (κ2) is 7.72. The topological polar surface area (TPSA) is 58.6 Å². The van der Waals surface area contributed by atoms with Crippen molar-refractivity contribution < 1.29 is 14.3 Å². The third kappa shape index (κ3) is 3.79. The van der Waals surface area contributed by atoms with Gasteiger partial charge in [0.1, 0.15) is 5.75 Å². The summed E-state index contributed by atoms with van der Waals surface area (Å²) in [4.78, 5) is 25.4. The number of rotatable bonds is 4. The third-order valence-electron chi connectivity index (χ3n) is 3.75. The Kier molecular flexibility index (Phi) is 5.39. The number of methoxy groups -OCH3 is 1. The summed E-state index contributed by atoms with van der Waals surface area (Å²) < 4.78 is 5.57. The van der Waals surface area contributed by atoms with Crippen LogP contribution in [0.15, 0.2) is 53.4 Å². The van der Waals surface area contributed by atoms with E-state index in [4.69, 9.17) is 17.0 Å². The molecule has 2 aromatic rings. The van der Waals surface area contributed by atoms with Gasteiger partial charge in [-0.15, -0.1) is 0 Å². The van der Waals surface area contributed by atoms with Gasteiger partial charge >= 0.3 is 0 Å². The molecule has 0 spiro atoms. The molecular formula is C19H16N2O3S2. The number of hydrazine groups is 1. The first kappa shape index (κ1) is 18.2. The average Bonchev–Trinajstić information content (AvgIpc) is 2.90. The Bertz CT molecular complexity index is 907. The quantitative estimate of drug-likeness (QED) is 0.645. The molecule has 1 fully saturated rings. The third-order valence-corrected chi connectivity index (χ3v) is 5.05. The number of nitrogens with one attached hydrogen (secondary N) is 1. The molecule has 3 rings (SSSR count). The molecule has 2 aromatic carbocycles. The van der Waals surface area contributed by atoms with Crippen molar-refractivity contribution in [2.45, 2.75) is 6.92 Å². The summed E-state index contributed by atoms with van der Waals surface area (Å²) in [6.07, 6.45) is 1.70. The van der Waals surface area contributed by atoms with Gasteiger partial charge in [0.05, 0.1) is 12.0 Å². The van der Waals surface area contributed by atoms with Crippen LogP contribution in [-0.4, -0.2) is 28.3 Å². The number of hydrogen-bond donors (Lipinski definition) is 1. The number of benzene rings is 2. The molecule has 2 amide bonds. The summed E-state index contributed by atoms with van der Waals surface area (Å²) >= 11 is 6.38. The van der Waals surface area contributed by atoms with Crippen molar-refractivity contribution in [3.8, 4) is 5.75 Å². The van der Waals surface area contributed by atoms with Crippen molar-refractivity contribution in [3.63, 3.8) is 0 Å². The van der Waals surface area contributed by atoms with E-state index in [9.17, 15) is 9.59 Å². The molecule has 1 aliphatic heterocycles. The van der Waals surface area contributed by atoms with Crippen LogP contribution < -0.4 is 10.2 Å². The van der Waals surface area contributed by atoms with Crippen molar-refractivity contribution in [3.05, 3.63) is 70.1 Å². The van der Waals surface area contributed by atoms with Gasteiger partial charge in [-0.3, -0.25) is 15.0 Å². The lowest BCUT2D eigenvalue weighted by molar-refractivity contribution is -0.123. The normalized spacial score (nSPS) is 15.5. The monoisotopic (exact) mass is 384 g/mol. The molecule has 0 bridgehead atoms. The number of thioether (sulfide) groups is 1. The number of aryl methyl sites for hydroxylation is 1. The van der Waals surface area contributed by atoms with E-state index in [0.29, 0.717) is 16.2 Å². The molecule has 0 radical (unpaired) electrons. The van der Waals surface area contributed by atoms with Crippen molar-refractivity contribution in [2.24, 2.45) is 0 Å². The Balaban J connectivity index is 1.79. The number of amides is 2. The minimum Gasteiger partial charge on any atom is -0.496 e. The zero-order chi connectivity index (χ0) is 18.7. The standard InChI is InChI=1S/C19H16N2O3S2/c1-12-7-9-13(10-8-12)17(22)20-21-18(23)16(26-19(21)25)11-14-5-3-4-6-15(14)24-2/h3-11H,1-2H3,(H,20,22). The van der Waals surface area contributed by atoms with E-state index < -0.39 is 0 Å². The molecule has 132 valence electrons. The van der Waals surface area contributed by atoms with Gasteiger partial charge in [0, 0.05) is 11.1 Å². The molecule has 1 N–H and O–H groups in total. The van der Waals surface area contributed by atoms with Gasteiger partial charge in [0.25, 0.3) is 11.8 Å². The highest BCUT2D eigenvalue weighted by atomic mass is 32.2. The number of para-hydroxylation sites is 1. The average molecular weight is 384 g/mol. The second-order valence-corrected chi connectivity index (χ2v) is 7.24. The first-order valence-electron chi connectivity index (χ1n) is 7.78. The van der Waals surface area contributed by atoms with E-state index >= 15 is 0 Å². The van der Waals surface area contributed by atoms with E-state index in [1.807, 2.05) is 43.3 Å². The fourth-order valence-corrected chi connectivity index (χ4v) is 3.53. The van der Waals surface area contributed by atoms with Gasteiger partial charge in [-0.2, -0.15) is 5.01 Å². The molecule has 0 aliphatic carbocycles. The highest BCUT2D eigenvalue weighted by Crippen LogP contribution is 2.33. The zero-order valence-electron chi connectivity index (χ0n) is 14.2. The predicted molar refractivity (Wildman–Crippen MR) is 107 cm³/mol. The maximum atomic E-state index is 12.6. The molecule has 26 heavy (non-hydrogen) atoms. The molecule has 0 saturated carbocycles. The van der Waals surface area contributed by atoms with E-state index in [2.05, 4.69) is 5.43 Å². The highest BCUT2D eigenvalue weighted by Gasteiger charge is 2.34. The van der Waals surface area contributed by atoms with Crippen LogP contribution in [0.2, 0.25) is 0 Å². The molecule has 1 heterocycles. The van der Waals surface area contributed by atoms with Crippen LogP contribution in [0.3, 0.4) is 0 Å². The molecule has 0 aromatic heterocycles. The number of carbonyl (C=O) groups excluding carboxylic acids is 2. The smallest absolute Gasteiger partial charge is 0.285 e. The molecule has 0 unspecified atom stereocenters. The molecule has 0 atom stereocenters. The van der Waals surface area contributed by atoms with E-state index in [0.717, 1.165) is 27.9 Å². The summed E-state index contributed by atoms with van der Waals surface area (Å²) in [5.41, 5.74) is 4.84. The Labute approximate surface area is 161 Å². The van der Waals surface area contributed by atoms with Gasteiger partial charge < -0.3 is 4.74 Å². The molecule has 7 heteroatoms. The summed E-state index contributed by atoms with van der Waals surface area (Å²) in [7, 11) is 1.57. The van der Waals surface area contributed by atoms with Gasteiger partial charge in [-0.05, 0) is 43.4 Å². The summed E-state index contributed by atoms with van der Waals surface area (Å²) in [5.74, 6) is -0.104. The van der Waals surface area contributed by atoms with Crippen molar-refractivity contribution in [2.75, 3.05) is 7.11 Å². The number of carbonyl (C=O) groups is 2. The molecule has 5 nitrogen and oxygen atoms in total. The second-order valence-electron chi connectivity index (χ2n) is 5.57. The predicted octanol–water partition coefficient (Wildman–Crippen LogP) is 3.55. The Morgan fingerprint density at radius 3 is 2.58 bits per heavy atom. The molecule has 1 saturated heterocycles. The number of nitrogens with zero attached hydrogens (tertiary/aromatic N) is 1. The van der Waals surface area contributed by atoms with Crippen LogP contribution >= 0.6 is 24.0 Å². The minimum atomic E-state index is -0.389. The lowest BCUT2D eigenvalue weighted by atomic mass is 10.1. The van der Waals surface area contributed by atoms with E-state index in [-0.39, 0.29) is 16.1 Å². The van der Waals surface area contributed by atoms with Crippen LogP contribution in [0, 0.1) is 6.92 Å². The van der Waals surface area contributed by atoms with Crippen LogP contribution in [-0.2, 0) is 4.79 Å². The van der Waals surface area contributed by atoms with Crippen LogP contribution in [0.4, 0.5) is 0 Å². The maximum Gasteiger partial charge on any atom is 0.285 e. The Hall–Kier alpha value is -2.64. The molecular weight excluding hydrogens is 368 g/mol. The van der Waals surface area contributed by atoms with E-state index in [1.54, 1.807) is 25.3 Å².